The van der Waals surface area contributed by atoms with E-state index in [2.05, 4.69) is 19.4 Å². The molecule has 0 aliphatic rings. The second-order valence-electron chi connectivity index (χ2n) is 3.96. The molecular formula is C13H13N3O3S3. The molecule has 1 aromatic heterocycles. The number of nitrogens with one attached hydrogen (secondary N) is 1. The van der Waals surface area contributed by atoms with Gasteiger partial charge in [0.05, 0.1) is 18.4 Å². The first-order chi connectivity index (χ1) is 10.6. The number of methoxy groups -OCH3 is 1. The molecule has 22 heavy (non-hydrogen) atoms. The Hall–Kier alpha value is -1.58. The molecule has 0 aliphatic carbocycles. The fraction of sp³-hybridized carbons (Fsp3) is 0.231. The third-order valence-corrected chi connectivity index (χ3v) is 4.96. The van der Waals surface area contributed by atoms with Gasteiger partial charge in [0.2, 0.25) is 11.1 Å². The summed E-state index contributed by atoms with van der Waals surface area (Å²) in [5, 5.41) is 3.44. The molecule has 0 bridgehead atoms. The zero-order valence-corrected chi connectivity index (χ0v) is 14.3. The SMILES string of the molecule is COC(=O)c1cccc(NC(=O)CSc2nc(SC)ns2)c1. The van der Waals surface area contributed by atoms with Gasteiger partial charge in [-0.2, -0.15) is 4.37 Å². The van der Waals surface area contributed by atoms with E-state index < -0.39 is 5.97 Å². The summed E-state index contributed by atoms with van der Waals surface area (Å²) in [5.74, 6) is -0.386. The van der Waals surface area contributed by atoms with Crippen LogP contribution in [0.2, 0.25) is 0 Å². The smallest absolute Gasteiger partial charge is 0.337 e. The van der Waals surface area contributed by atoms with Crippen LogP contribution in [0, 0.1) is 0 Å². The lowest BCUT2D eigenvalue weighted by atomic mass is 10.2. The Morgan fingerprint density at radius 1 is 1.41 bits per heavy atom. The van der Waals surface area contributed by atoms with E-state index in [4.69, 9.17) is 0 Å². The van der Waals surface area contributed by atoms with Crippen LogP contribution in [0.5, 0.6) is 0 Å². The van der Waals surface area contributed by atoms with Crippen LogP contribution in [0.15, 0.2) is 33.8 Å². The summed E-state index contributed by atoms with van der Waals surface area (Å²) in [5.41, 5.74) is 0.942. The number of hydrogen-bond acceptors (Lipinski definition) is 8. The molecule has 1 aromatic carbocycles. The second-order valence-corrected chi connectivity index (χ2v) is 6.70. The average molecular weight is 355 g/mol. The fourth-order valence-corrected chi connectivity index (χ4v) is 3.51. The van der Waals surface area contributed by atoms with Crippen LogP contribution >= 0.6 is 35.1 Å². The van der Waals surface area contributed by atoms with Crippen LogP contribution in [0.4, 0.5) is 5.69 Å². The number of carbonyl (C=O) groups is 2. The lowest BCUT2D eigenvalue weighted by molar-refractivity contribution is -0.113. The number of ether oxygens (including phenoxy) is 1. The van der Waals surface area contributed by atoms with Gasteiger partial charge in [0.15, 0.2) is 4.34 Å². The number of esters is 1. The second kappa shape index (κ2) is 8.16. The van der Waals surface area contributed by atoms with Crippen molar-refractivity contribution in [2.45, 2.75) is 9.50 Å². The summed E-state index contributed by atoms with van der Waals surface area (Å²) in [6, 6.07) is 6.60. The molecule has 116 valence electrons. The van der Waals surface area contributed by atoms with E-state index in [1.54, 1.807) is 24.3 Å². The standard InChI is InChI=1S/C13H13N3O3S3/c1-19-11(18)8-4-3-5-9(6-8)14-10(17)7-21-13-15-12(20-2)16-22-13/h3-6H,7H2,1-2H3,(H,14,17). The number of benzene rings is 1. The summed E-state index contributed by atoms with van der Waals surface area (Å²) in [6.07, 6.45) is 1.90. The van der Waals surface area contributed by atoms with Crippen molar-refractivity contribution in [3.05, 3.63) is 29.8 Å². The molecule has 1 heterocycles. The molecular weight excluding hydrogens is 342 g/mol. The number of aromatic nitrogens is 2. The third-order valence-electron chi connectivity index (χ3n) is 2.47. The van der Waals surface area contributed by atoms with Gasteiger partial charge in [-0.1, -0.05) is 29.6 Å². The highest BCUT2D eigenvalue weighted by Crippen LogP contribution is 2.23. The molecule has 2 aromatic rings. The average Bonchev–Trinajstić information content (AvgIpc) is 3.00. The van der Waals surface area contributed by atoms with Gasteiger partial charge in [-0.3, -0.25) is 4.79 Å². The van der Waals surface area contributed by atoms with Gasteiger partial charge in [0, 0.05) is 5.69 Å². The van der Waals surface area contributed by atoms with E-state index in [1.165, 1.54) is 42.2 Å². The molecule has 0 aliphatic heterocycles. The number of amides is 1. The van der Waals surface area contributed by atoms with E-state index >= 15 is 0 Å². The molecule has 2 rings (SSSR count). The van der Waals surface area contributed by atoms with Gasteiger partial charge in [0.1, 0.15) is 0 Å². The highest BCUT2D eigenvalue weighted by Gasteiger charge is 2.10. The Kier molecular flexibility index (Phi) is 6.22. The Morgan fingerprint density at radius 3 is 2.91 bits per heavy atom. The zero-order chi connectivity index (χ0) is 15.9. The number of nitrogens with zero attached hydrogens (tertiary/aromatic N) is 2. The van der Waals surface area contributed by atoms with Gasteiger partial charge >= 0.3 is 5.97 Å². The molecule has 6 nitrogen and oxygen atoms in total. The maximum absolute atomic E-state index is 11.9. The van der Waals surface area contributed by atoms with Gasteiger partial charge in [-0.05, 0) is 36.0 Å². The third kappa shape index (κ3) is 4.72. The number of rotatable bonds is 6. The van der Waals surface area contributed by atoms with Gasteiger partial charge in [-0.15, -0.1) is 0 Å². The summed E-state index contributed by atoms with van der Waals surface area (Å²) in [4.78, 5) is 27.6. The normalized spacial score (nSPS) is 10.3. The van der Waals surface area contributed by atoms with Crippen molar-refractivity contribution in [3.63, 3.8) is 0 Å². The van der Waals surface area contributed by atoms with Crippen molar-refractivity contribution in [2.24, 2.45) is 0 Å². The van der Waals surface area contributed by atoms with Crippen LogP contribution in [0.1, 0.15) is 10.4 Å². The highest BCUT2D eigenvalue weighted by molar-refractivity contribution is 8.01. The number of carbonyl (C=O) groups excluding carboxylic acids is 2. The molecule has 1 amide bonds. The van der Waals surface area contributed by atoms with Gasteiger partial charge in [-0.25, -0.2) is 9.78 Å². The summed E-state index contributed by atoms with van der Waals surface area (Å²) in [7, 11) is 1.31. The van der Waals surface area contributed by atoms with Crippen LogP contribution in [-0.4, -0.2) is 40.4 Å². The first-order valence-corrected chi connectivity index (χ1v) is 9.09. The van der Waals surface area contributed by atoms with Crippen molar-refractivity contribution < 1.29 is 14.3 Å². The molecule has 0 atom stereocenters. The molecule has 0 fully saturated rings. The predicted molar refractivity (Wildman–Crippen MR) is 88.8 cm³/mol. The Bertz CT molecular complexity index is 675. The summed E-state index contributed by atoms with van der Waals surface area (Å²) in [6.45, 7) is 0. The largest absolute Gasteiger partial charge is 0.465 e. The predicted octanol–water partition coefficient (Wildman–Crippen LogP) is 2.78. The molecule has 1 N–H and O–H groups in total. The minimum absolute atomic E-state index is 0.173. The molecule has 0 radical (unpaired) electrons. The van der Waals surface area contributed by atoms with Crippen molar-refractivity contribution in [1.29, 1.82) is 0 Å². The summed E-state index contributed by atoms with van der Waals surface area (Å²) >= 11 is 4.06. The van der Waals surface area contributed by atoms with E-state index in [-0.39, 0.29) is 11.7 Å². The molecule has 0 spiro atoms. The molecule has 0 saturated heterocycles. The lowest BCUT2D eigenvalue weighted by Gasteiger charge is -2.06. The van der Waals surface area contributed by atoms with Gasteiger partial charge < -0.3 is 10.1 Å². The Labute approximate surface area is 140 Å². The van der Waals surface area contributed by atoms with E-state index in [1.807, 2.05) is 6.26 Å². The highest BCUT2D eigenvalue weighted by atomic mass is 32.2. The topological polar surface area (TPSA) is 81.2 Å². The number of thioether (sulfide) groups is 2. The van der Waals surface area contributed by atoms with Crippen LogP contribution in [0.3, 0.4) is 0 Å². The molecule has 0 unspecified atom stereocenters. The minimum atomic E-state index is -0.441. The Morgan fingerprint density at radius 2 is 2.23 bits per heavy atom. The van der Waals surface area contributed by atoms with Crippen molar-refractivity contribution in [2.75, 3.05) is 24.4 Å². The maximum Gasteiger partial charge on any atom is 0.337 e. The number of hydrogen-bond donors (Lipinski definition) is 1. The van der Waals surface area contributed by atoms with Crippen molar-refractivity contribution in [3.8, 4) is 0 Å². The first-order valence-electron chi connectivity index (χ1n) is 6.11. The lowest BCUT2D eigenvalue weighted by Crippen LogP contribution is -2.14. The maximum atomic E-state index is 11.9. The minimum Gasteiger partial charge on any atom is -0.465 e. The quantitative estimate of drug-likeness (QED) is 0.630. The van der Waals surface area contributed by atoms with Crippen molar-refractivity contribution in [1.82, 2.24) is 9.36 Å². The van der Waals surface area contributed by atoms with Crippen LogP contribution in [-0.2, 0) is 9.53 Å². The van der Waals surface area contributed by atoms with Gasteiger partial charge in [0.25, 0.3) is 0 Å². The summed E-state index contributed by atoms with van der Waals surface area (Å²) < 4.78 is 9.52. The molecule has 9 heteroatoms. The zero-order valence-electron chi connectivity index (χ0n) is 11.9. The van der Waals surface area contributed by atoms with Crippen LogP contribution in [0.25, 0.3) is 0 Å². The van der Waals surface area contributed by atoms with E-state index in [9.17, 15) is 9.59 Å². The number of anilines is 1. The fourth-order valence-electron chi connectivity index (χ4n) is 1.50. The van der Waals surface area contributed by atoms with E-state index in [0.717, 1.165) is 4.34 Å². The van der Waals surface area contributed by atoms with Crippen molar-refractivity contribution >= 4 is 52.6 Å². The monoisotopic (exact) mass is 355 g/mol. The van der Waals surface area contributed by atoms with Crippen LogP contribution < -0.4 is 5.32 Å². The molecule has 0 saturated carbocycles. The van der Waals surface area contributed by atoms with E-state index in [0.29, 0.717) is 16.4 Å². The Balaban J connectivity index is 1.90. The first kappa shape index (κ1) is 16.8.